The highest BCUT2D eigenvalue weighted by Crippen LogP contribution is 2.22. The van der Waals surface area contributed by atoms with Crippen LogP contribution in [-0.2, 0) is 16.6 Å². The van der Waals surface area contributed by atoms with Gasteiger partial charge < -0.3 is 9.88 Å². The molecule has 1 aromatic carbocycles. The fourth-order valence-electron chi connectivity index (χ4n) is 4.04. The summed E-state index contributed by atoms with van der Waals surface area (Å²) in [5.74, 6) is 0.355. The molecule has 30 heavy (non-hydrogen) atoms. The Hall–Kier alpha value is -2.40. The molecule has 1 fully saturated rings. The van der Waals surface area contributed by atoms with Crippen LogP contribution >= 0.6 is 0 Å². The van der Waals surface area contributed by atoms with Gasteiger partial charge in [0.05, 0.1) is 6.54 Å². The van der Waals surface area contributed by atoms with Crippen molar-refractivity contribution in [2.75, 3.05) is 32.7 Å². The predicted molar refractivity (Wildman–Crippen MR) is 121 cm³/mol. The second-order valence-corrected chi connectivity index (χ2v) is 9.52. The quantitative estimate of drug-likeness (QED) is 0.737. The summed E-state index contributed by atoms with van der Waals surface area (Å²) in [7, 11) is 0. The second kappa shape index (κ2) is 9.17. The number of H-pyrrole nitrogens is 1. The number of aromatic nitrogens is 1. The Balaban J connectivity index is 1.44. The van der Waals surface area contributed by atoms with Gasteiger partial charge in [0, 0.05) is 49.6 Å². The lowest BCUT2D eigenvalue weighted by Crippen LogP contribution is -2.50. The molecule has 2 aromatic rings. The minimum Gasteiger partial charge on any atom is -0.362 e. The van der Waals surface area contributed by atoms with Gasteiger partial charge in [-0.15, -0.1) is 0 Å². The van der Waals surface area contributed by atoms with Crippen molar-refractivity contribution < 1.29 is 9.59 Å². The van der Waals surface area contributed by atoms with E-state index in [2.05, 4.69) is 54.9 Å². The lowest BCUT2D eigenvalue weighted by Gasteiger charge is -2.34. The van der Waals surface area contributed by atoms with Crippen LogP contribution in [0.2, 0.25) is 0 Å². The molecule has 0 unspecified atom stereocenters. The highest BCUT2D eigenvalue weighted by atomic mass is 16.2. The molecule has 1 aliphatic heterocycles. The highest BCUT2D eigenvalue weighted by Gasteiger charge is 2.23. The number of nitrogens with one attached hydrogen (secondary N) is 1. The summed E-state index contributed by atoms with van der Waals surface area (Å²) in [6.45, 7) is 13.8. The largest absolute Gasteiger partial charge is 0.362 e. The van der Waals surface area contributed by atoms with Crippen LogP contribution in [0.25, 0.3) is 0 Å². The average molecular weight is 410 g/mol. The first-order valence-corrected chi connectivity index (χ1v) is 10.9. The molecule has 3 rings (SSSR count). The zero-order chi connectivity index (χ0) is 21.9. The Morgan fingerprint density at radius 1 is 1.00 bits per heavy atom. The van der Waals surface area contributed by atoms with Crippen molar-refractivity contribution in [3.8, 4) is 0 Å². The number of benzene rings is 1. The van der Waals surface area contributed by atoms with Crippen LogP contribution < -0.4 is 0 Å². The first-order chi connectivity index (χ1) is 14.1. The van der Waals surface area contributed by atoms with Crippen molar-refractivity contribution in [2.45, 2.75) is 52.9 Å². The number of rotatable bonds is 6. The third kappa shape index (κ3) is 5.60. The molecule has 1 saturated heterocycles. The predicted octanol–water partition coefficient (Wildman–Crippen LogP) is 3.89. The van der Waals surface area contributed by atoms with E-state index in [1.165, 1.54) is 11.1 Å². The topological polar surface area (TPSA) is 56.4 Å². The van der Waals surface area contributed by atoms with Crippen LogP contribution in [0.5, 0.6) is 0 Å². The number of carbonyl (C=O) groups is 2. The van der Waals surface area contributed by atoms with Gasteiger partial charge in [-0.3, -0.25) is 14.5 Å². The molecular formula is C25H35N3O2. The zero-order valence-electron chi connectivity index (χ0n) is 19.0. The molecule has 5 nitrogen and oxygen atoms in total. The molecule has 5 heteroatoms. The van der Waals surface area contributed by atoms with E-state index < -0.39 is 0 Å². The van der Waals surface area contributed by atoms with Gasteiger partial charge in [-0.05, 0) is 42.9 Å². The van der Waals surface area contributed by atoms with Gasteiger partial charge in [-0.2, -0.15) is 0 Å². The highest BCUT2D eigenvalue weighted by molar-refractivity contribution is 5.98. The van der Waals surface area contributed by atoms with Gasteiger partial charge >= 0.3 is 0 Å². The number of hydrogen-bond donors (Lipinski definition) is 1. The Morgan fingerprint density at radius 3 is 2.17 bits per heavy atom. The molecule has 1 aliphatic rings. The van der Waals surface area contributed by atoms with E-state index in [4.69, 9.17) is 0 Å². The van der Waals surface area contributed by atoms with Crippen LogP contribution in [0, 0.1) is 13.8 Å². The molecule has 0 bridgehead atoms. The minimum absolute atomic E-state index is 0.147. The lowest BCUT2D eigenvalue weighted by atomic mass is 9.86. The van der Waals surface area contributed by atoms with E-state index in [0.29, 0.717) is 26.1 Å². The summed E-state index contributed by atoms with van der Waals surface area (Å²) < 4.78 is 0. The number of piperazine rings is 1. The van der Waals surface area contributed by atoms with Crippen LogP contribution in [0.3, 0.4) is 0 Å². The van der Waals surface area contributed by atoms with Crippen molar-refractivity contribution in [1.82, 2.24) is 14.8 Å². The van der Waals surface area contributed by atoms with Gasteiger partial charge in [-0.25, -0.2) is 0 Å². The van der Waals surface area contributed by atoms with Crippen LogP contribution in [-0.4, -0.2) is 59.2 Å². The smallest absolute Gasteiger partial charge is 0.222 e. The van der Waals surface area contributed by atoms with Gasteiger partial charge in [0.15, 0.2) is 5.78 Å². The molecule has 0 atom stereocenters. The Labute approximate surface area is 180 Å². The number of amides is 1. The van der Waals surface area contributed by atoms with E-state index in [9.17, 15) is 9.59 Å². The van der Waals surface area contributed by atoms with E-state index >= 15 is 0 Å². The Bertz CT molecular complexity index is 882. The standard InChI is InChI=1S/C25H35N3O2/c1-18-16-22(19(2)26-18)23(29)17-27-12-14-28(15-13-27)24(30)11-8-20-6-9-21(10-7-20)25(3,4)5/h6-7,9-10,16,26H,8,11-15,17H2,1-5H3. The first kappa shape index (κ1) is 22.3. The molecule has 0 saturated carbocycles. The summed E-state index contributed by atoms with van der Waals surface area (Å²) in [4.78, 5) is 32.5. The Morgan fingerprint density at radius 2 is 1.63 bits per heavy atom. The minimum atomic E-state index is 0.147. The van der Waals surface area contributed by atoms with E-state index in [1.54, 1.807) is 0 Å². The SMILES string of the molecule is Cc1cc(C(=O)CN2CCN(C(=O)CCc3ccc(C(C)(C)C)cc3)CC2)c(C)[nH]1. The maximum Gasteiger partial charge on any atom is 0.222 e. The van der Waals surface area contributed by atoms with Gasteiger partial charge in [0.2, 0.25) is 5.91 Å². The first-order valence-electron chi connectivity index (χ1n) is 10.9. The van der Waals surface area contributed by atoms with Gasteiger partial charge in [0.1, 0.15) is 0 Å². The molecule has 2 heterocycles. The summed E-state index contributed by atoms with van der Waals surface area (Å²) in [5.41, 5.74) is 5.39. The molecule has 162 valence electrons. The van der Waals surface area contributed by atoms with E-state index in [1.807, 2.05) is 24.8 Å². The Kier molecular flexibility index (Phi) is 6.81. The van der Waals surface area contributed by atoms with E-state index in [0.717, 1.165) is 36.5 Å². The van der Waals surface area contributed by atoms with Crippen molar-refractivity contribution in [1.29, 1.82) is 0 Å². The summed E-state index contributed by atoms with van der Waals surface area (Å²) in [6, 6.07) is 10.5. The van der Waals surface area contributed by atoms with Crippen LogP contribution in [0.15, 0.2) is 30.3 Å². The average Bonchev–Trinajstić information content (AvgIpc) is 3.04. The maximum absolute atomic E-state index is 12.6. The third-order valence-corrected chi connectivity index (χ3v) is 5.99. The number of hydrogen-bond acceptors (Lipinski definition) is 3. The maximum atomic E-state index is 12.6. The lowest BCUT2D eigenvalue weighted by molar-refractivity contribution is -0.132. The van der Waals surface area contributed by atoms with Gasteiger partial charge in [0.25, 0.3) is 0 Å². The fraction of sp³-hybridized carbons (Fsp3) is 0.520. The van der Waals surface area contributed by atoms with Gasteiger partial charge in [-0.1, -0.05) is 45.0 Å². The van der Waals surface area contributed by atoms with Crippen LogP contribution in [0.4, 0.5) is 0 Å². The van der Waals surface area contributed by atoms with E-state index in [-0.39, 0.29) is 17.1 Å². The summed E-state index contributed by atoms with van der Waals surface area (Å²) in [6.07, 6.45) is 1.31. The molecular weight excluding hydrogens is 374 g/mol. The number of Topliss-reactive ketones (excluding diaryl/α,β-unsaturated/α-hetero) is 1. The molecule has 1 amide bonds. The third-order valence-electron chi connectivity index (χ3n) is 5.99. The van der Waals surface area contributed by atoms with Crippen molar-refractivity contribution in [2.24, 2.45) is 0 Å². The zero-order valence-corrected chi connectivity index (χ0v) is 19.0. The van der Waals surface area contributed by atoms with Crippen LogP contribution in [0.1, 0.15) is 60.1 Å². The number of aryl methyl sites for hydroxylation is 3. The number of nitrogens with zero attached hydrogens (tertiary/aromatic N) is 2. The number of ketones is 1. The molecule has 1 N–H and O–H groups in total. The fourth-order valence-corrected chi connectivity index (χ4v) is 4.04. The molecule has 1 aromatic heterocycles. The monoisotopic (exact) mass is 409 g/mol. The van der Waals surface area contributed by atoms with Crippen molar-refractivity contribution >= 4 is 11.7 Å². The normalized spacial score (nSPS) is 15.4. The second-order valence-electron chi connectivity index (χ2n) is 9.52. The number of aromatic amines is 1. The van der Waals surface area contributed by atoms with Crippen molar-refractivity contribution in [3.05, 3.63) is 58.4 Å². The molecule has 0 radical (unpaired) electrons. The molecule has 0 aliphatic carbocycles. The summed E-state index contributed by atoms with van der Waals surface area (Å²) >= 11 is 0. The summed E-state index contributed by atoms with van der Waals surface area (Å²) in [5, 5.41) is 0. The van der Waals surface area contributed by atoms with Crippen molar-refractivity contribution in [3.63, 3.8) is 0 Å². The number of carbonyl (C=O) groups excluding carboxylic acids is 2. The molecule has 0 spiro atoms.